The molecule has 4 nitrogen and oxygen atoms in total. The maximum absolute atomic E-state index is 5.29. The van der Waals surface area contributed by atoms with E-state index in [0.29, 0.717) is 0 Å². The predicted molar refractivity (Wildman–Crippen MR) is 26.6 cm³/mol. The fourth-order valence-corrected chi connectivity index (χ4v) is 0.551. The van der Waals surface area contributed by atoms with E-state index in [1.807, 2.05) is 0 Å². The lowest BCUT2D eigenvalue weighted by Crippen LogP contribution is -2.55. The summed E-state index contributed by atoms with van der Waals surface area (Å²) < 4.78 is 0. The molecule has 1 heterocycles. The molecule has 0 radical (unpaired) electrons. The lowest BCUT2D eigenvalue weighted by molar-refractivity contribution is 0.119. The van der Waals surface area contributed by atoms with Gasteiger partial charge in [-0.25, -0.2) is 5.43 Å². The monoisotopic (exact) mass is 102 g/mol. The Kier molecular flexibility index (Phi) is 1.59. The molecular formula is C3H10N4. The number of hydrogen-bond acceptors (Lipinski definition) is 4. The predicted octanol–water partition coefficient (Wildman–Crippen LogP) is -1.42. The van der Waals surface area contributed by atoms with E-state index >= 15 is 0 Å². The first-order valence-electron chi connectivity index (χ1n) is 2.40. The summed E-state index contributed by atoms with van der Waals surface area (Å²) in [5.74, 6) is 5.29. The molecule has 0 atom stereocenters. The highest BCUT2D eigenvalue weighted by molar-refractivity contribution is 4.49. The van der Waals surface area contributed by atoms with Crippen LogP contribution in [0, 0.1) is 0 Å². The molecule has 1 aliphatic rings. The maximum Gasteiger partial charge on any atom is 0.0312 e. The zero-order chi connectivity index (χ0) is 5.11. The summed E-state index contributed by atoms with van der Waals surface area (Å²) in [5, 5.41) is 1.53. The molecule has 7 heavy (non-hydrogen) atoms. The first kappa shape index (κ1) is 4.99. The van der Waals surface area contributed by atoms with Crippen molar-refractivity contribution >= 4 is 0 Å². The Morgan fingerprint density at radius 2 is 2.43 bits per heavy atom. The van der Waals surface area contributed by atoms with Crippen LogP contribution in [0.25, 0.3) is 0 Å². The van der Waals surface area contributed by atoms with Crippen LogP contribution < -0.4 is 16.8 Å². The van der Waals surface area contributed by atoms with E-state index < -0.39 is 0 Å². The summed E-state index contributed by atoms with van der Waals surface area (Å²) in [6, 6.07) is 0. The molecule has 0 aliphatic carbocycles. The second kappa shape index (κ2) is 2.23. The van der Waals surface area contributed by atoms with Gasteiger partial charge in [0.1, 0.15) is 0 Å². The summed E-state index contributed by atoms with van der Waals surface area (Å²) in [7, 11) is 0. The highest BCUT2D eigenvalue weighted by Gasteiger charge is 2.00. The standard InChI is InChI=1S/C3H10N4/c4-7-3-1-2-5-6-7/h5-6H,1-4H2. The first-order valence-corrected chi connectivity index (χ1v) is 2.40. The molecule has 42 valence electrons. The van der Waals surface area contributed by atoms with Gasteiger partial charge in [0.05, 0.1) is 0 Å². The van der Waals surface area contributed by atoms with Crippen LogP contribution in [0.1, 0.15) is 6.42 Å². The smallest absolute Gasteiger partial charge is 0.0312 e. The Morgan fingerprint density at radius 1 is 1.57 bits per heavy atom. The van der Waals surface area contributed by atoms with Crippen molar-refractivity contribution < 1.29 is 0 Å². The van der Waals surface area contributed by atoms with E-state index in [4.69, 9.17) is 5.84 Å². The Bertz CT molecular complexity index is 48.9. The molecule has 0 bridgehead atoms. The fraction of sp³-hybridized carbons (Fsp3) is 1.00. The van der Waals surface area contributed by atoms with Crippen LogP contribution in [0.2, 0.25) is 0 Å². The van der Waals surface area contributed by atoms with Crippen LogP contribution in [-0.2, 0) is 0 Å². The fourth-order valence-electron chi connectivity index (χ4n) is 0.551. The molecule has 0 aromatic carbocycles. The van der Waals surface area contributed by atoms with E-state index in [9.17, 15) is 0 Å². The minimum absolute atomic E-state index is 0.924. The van der Waals surface area contributed by atoms with Gasteiger partial charge in [0.25, 0.3) is 0 Å². The van der Waals surface area contributed by atoms with E-state index in [-0.39, 0.29) is 0 Å². The van der Waals surface area contributed by atoms with Crippen LogP contribution >= 0.6 is 0 Å². The highest BCUT2D eigenvalue weighted by Crippen LogP contribution is 1.80. The van der Waals surface area contributed by atoms with Crippen molar-refractivity contribution in [1.82, 2.24) is 16.1 Å². The third-order valence-corrected chi connectivity index (χ3v) is 0.923. The topological polar surface area (TPSA) is 53.3 Å². The maximum atomic E-state index is 5.29. The zero-order valence-electron chi connectivity index (χ0n) is 4.15. The minimum Gasteiger partial charge on any atom is -0.254 e. The van der Waals surface area contributed by atoms with Crippen molar-refractivity contribution in [3.8, 4) is 0 Å². The molecule has 4 N–H and O–H groups in total. The molecular weight excluding hydrogens is 92.1 g/mol. The van der Waals surface area contributed by atoms with Crippen molar-refractivity contribution in [3.63, 3.8) is 0 Å². The number of hydrogen-bond donors (Lipinski definition) is 3. The molecule has 0 aromatic rings. The van der Waals surface area contributed by atoms with Gasteiger partial charge in [-0.2, -0.15) is 10.7 Å². The van der Waals surface area contributed by atoms with Gasteiger partial charge in [-0.05, 0) is 6.42 Å². The summed E-state index contributed by atoms with van der Waals surface area (Å²) in [6.45, 7) is 1.93. The zero-order valence-corrected chi connectivity index (χ0v) is 4.15. The Morgan fingerprint density at radius 3 is 2.71 bits per heavy atom. The average molecular weight is 102 g/mol. The van der Waals surface area contributed by atoms with Crippen molar-refractivity contribution in [1.29, 1.82) is 0 Å². The quantitative estimate of drug-likeness (QED) is 0.328. The van der Waals surface area contributed by atoms with E-state index in [2.05, 4.69) is 11.0 Å². The summed E-state index contributed by atoms with van der Waals surface area (Å²) in [5.41, 5.74) is 5.63. The summed E-state index contributed by atoms with van der Waals surface area (Å²) >= 11 is 0. The lowest BCUT2D eigenvalue weighted by atomic mass is 10.4. The summed E-state index contributed by atoms with van der Waals surface area (Å²) in [6.07, 6.45) is 1.11. The van der Waals surface area contributed by atoms with Crippen molar-refractivity contribution in [3.05, 3.63) is 0 Å². The molecule has 0 spiro atoms. The van der Waals surface area contributed by atoms with Gasteiger partial charge in [-0.15, -0.1) is 0 Å². The van der Waals surface area contributed by atoms with Crippen LogP contribution in [0.4, 0.5) is 0 Å². The average Bonchev–Trinajstić information content (AvgIpc) is 1.69. The van der Waals surface area contributed by atoms with Gasteiger partial charge < -0.3 is 0 Å². The van der Waals surface area contributed by atoms with Crippen molar-refractivity contribution in [2.24, 2.45) is 5.84 Å². The van der Waals surface area contributed by atoms with Crippen molar-refractivity contribution in [2.45, 2.75) is 6.42 Å². The van der Waals surface area contributed by atoms with Crippen LogP contribution in [0.5, 0.6) is 0 Å². The van der Waals surface area contributed by atoms with Gasteiger partial charge >= 0.3 is 0 Å². The van der Waals surface area contributed by atoms with Gasteiger partial charge in [0.15, 0.2) is 0 Å². The molecule has 4 heteroatoms. The molecule has 0 saturated carbocycles. The third-order valence-electron chi connectivity index (χ3n) is 0.923. The molecule has 0 amide bonds. The van der Waals surface area contributed by atoms with E-state index in [1.165, 1.54) is 5.12 Å². The van der Waals surface area contributed by atoms with Gasteiger partial charge in [-0.1, -0.05) is 0 Å². The largest absolute Gasteiger partial charge is 0.254 e. The second-order valence-corrected chi connectivity index (χ2v) is 1.59. The van der Waals surface area contributed by atoms with E-state index in [1.54, 1.807) is 0 Å². The molecule has 0 aromatic heterocycles. The minimum atomic E-state index is 0.924. The summed E-state index contributed by atoms with van der Waals surface area (Å²) in [4.78, 5) is 0. The Labute approximate surface area is 42.6 Å². The SMILES string of the molecule is NN1CCCNN1. The van der Waals surface area contributed by atoms with Gasteiger partial charge in [0, 0.05) is 13.1 Å². The first-order chi connectivity index (χ1) is 3.39. The van der Waals surface area contributed by atoms with Crippen LogP contribution in [0.3, 0.4) is 0 Å². The van der Waals surface area contributed by atoms with Crippen LogP contribution in [-0.4, -0.2) is 18.2 Å². The van der Waals surface area contributed by atoms with Crippen LogP contribution in [0.15, 0.2) is 0 Å². The third kappa shape index (κ3) is 1.40. The highest BCUT2D eigenvalue weighted by atomic mass is 15.8. The van der Waals surface area contributed by atoms with Gasteiger partial charge in [-0.3, -0.25) is 5.84 Å². The Balaban J connectivity index is 2.12. The van der Waals surface area contributed by atoms with E-state index in [0.717, 1.165) is 19.5 Å². The molecule has 1 fully saturated rings. The number of rotatable bonds is 0. The number of nitrogens with one attached hydrogen (secondary N) is 2. The number of nitrogens with two attached hydrogens (primary N) is 1. The molecule has 1 rings (SSSR count). The Hall–Kier alpha value is -0.160. The molecule has 1 saturated heterocycles. The molecule has 1 aliphatic heterocycles. The van der Waals surface area contributed by atoms with Crippen molar-refractivity contribution in [2.75, 3.05) is 13.1 Å². The van der Waals surface area contributed by atoms with Gasteiger partial charge in [0.2, 0.25) is 0 Å². The lowest BCUT2D eigenvalue weighted by Gasteiger charge is -2.22. The number of nitrogens with zero attached hydrogens (tertiary/aromatic N) is 1. The number of hydrazine groups is 3. The normalized spacial score (nSPS) is 25.3. The second-order valence-electron chi connectivity index (χ2n) is 1.59. The molecule has 0 unspecified atom stereocenters.